The molecule has 10 heavy (non-hydrogen) atoms. The van der Waals surface area contributed by atoms with Gasteiger partial charge in [0.2, 0.25) is 0 Å². The van der Waals surface area contributed by atoms with Gasteiger partial charge in [0, 0.05) is 0 Å². The van der Waals surface area contributed by atoms with Crippen molar-refractivity contribution in [1.29, 1.82) is 0 Å². The molecular weight excluding hydrogens is 120 g/mol. The maximum absolute atomic E-state index is 2.27. The third-order valence-corrected chi connectivity index (χ3v) is 3.18. The van der Waals surface area contributed by atoms with Crippen molar-refractivity contribution < 1.29 is 0 Å². The van der Waals surface area contributed by atoms with E-state index in [2.05, 4.69) is 13.8 Å². The van der Waals surface area contributed by atoms with Crippen LogP contribution < -0.4 is 0 Å². The van der Waals surface area contributed by atoms with E-state index in [-0.39, 0.29) is 0 Å². The molecule has 0 nitrogen and oxygen atoms in total. The van der Waals surface area contributed by atoms with Gasteiger partial charge < -0.3 is 0 Å². The van der Waals surface area contributed by atoms with Crippen LogP contribution in [0.4, 0.5) is 0 Å². The standard InChI is InChI=1S/C10H16/c1-7(2)10-6-8-3-4-9(10)5-8/h8-9H,3-6H2,1-2H3/t8-,9-/m0/s1. The van der Waals surface area contributed by atoms with Crippen molar-refractivity contribution in [2.45, 2.75) is 39.5 Å². The topological polar surface area (TPSA) is 0 Å². The second kappa shape index (κ2) is 2.11. The molecule has 2 fully saturated rings. The van der Waals surface area contributed by atoms with Crippen LogP contribution in [-0.4, -0.2) is 0 Å². The van der Waals surface area contributed by atoms with E-state index >= 15 is 0 Å². The smallest absolute Gasteiger partial charge is 0.0198 e. The minimum absolute atomic E-state index is 1.01. The van der Waals surface area contributed by atoms with E-state index in [0.29, 0.717) is 0 Å². The summed E-state index contributed by atoms with van der Waals surface area (Å²) in [6, 6.07) is 0. The largest absolute Gasteiger partial charge is 0.0769 e. The summed E-state index contributed by atoms with van der Waals surface area (Å²) in [7, 11) is 0. The van der Waals surface area contributed by atoms with Gasteiger partial charge in [-0.05, 0) is 51.4 Å². The Kier molecular flexibility index (Phi) is 1.36. The number of fused-ring (bicyclic) bond motifs is 2. The molecule has 2 bridgehead atoms. The molecule has 0 amide bonds. The molecule has 0 aliphatic heterocycles. The van der Waals surface area contributed by atoms with Gasteiger partial charge in [0.25, 0.3) is 0 Å². The summed E-state index contributed by atoms with van der Waals surface area (Å²) >= 11 is 0. The Hall–Kier alpha value is -0.260. The van der Waals surface area contributed by atoms with Crippen LogP contribution >= 0.6 is 0 Å². The molecule has 0 aromatic heterocycles. The molecule has 0 aromatic rings. The Balaban J connectivity index is 2.23. The minimum Gasteiger partial charge on any atom is -0.0769 e. The molecule has 56 valence electrons. The van der Waals surface area contributed by atoms with Gasteiger partial charge in [-0.25, -0.2) is 0 Å². The van der Waals surface area contributed by atoms with Crippen LogP contribution in [0, 0.1) is 11.8 Å². The highest BCUT2D eigenvalue weighted by atomic mass is 14.4. The first kappa shape index (κ1) is 6.45. The molecule has 0 N–H and O–H groups in total. The Morgan fingerprint density at radius 3 is 2.40 bits per heavy atom. The summed E-state index contributed by atoms with van der Waals surface area (Å²) < 4.78 is 0. The molecule has 0 radical (unpaired) electrons. The second-order valence-electron chi connectivity index (χ2n) is 4.11. The molecule has 0 unspecified atom stereocenters. The molecule has 2 aliphatic carbocycles. The molecule has 2 rings (SSSR count). The lowest BCUT2D eigenvalue weighted by molar-refractivity contribution is 0.557. The fourth-order valence-electron chi connectivity index (χ4n) is 2.67. The van der Waals surface area contributed by atoms with Gasteiger partial charge in [0.15, 0.2) is 0 Å². The first-order chi connectivity index (χ1) is 4.77. The predicted octanol–water partition coefficient (Wildman–Crippen LogP) is 3.14. The van der Waals surface area contributed by atoms with E-state index in [0.717, 1.165) is 11.8 Å². The molecular formula is C10H16. The zero-order valence-corrected chi connectivity index (χ0v) is 6.98. The van der Waals surface area contributed by atoms with Crippen molar-refractivity contribution in [3.8, 4) is 0 Å². The zero-order valence-electron chi connectivity index (χ0n) is 6.98. The average molecular weight is 136 g/mol. The van der Waals surface area contributed by atoms with Crippen molar-refractivity contribution in [3.63, 3.8) is 0 Å². The number of hydrogen-bond donors (Lipinski definition) is 0. The zero-order chi connectivity index (χ0) is 7.14. The Bertz CT molecular complexity index is 172. The van der Waals surface area contributed by atoms with E-state index in [9.17, 15) is 0 Å². The van der Waals surface area contributed by atoms with Crippen LogP contribution in [0.15, 0.2) is 11.1 Å². The van der Waals surface area contributed by atoms with Crippen LogP contribution in [0.2, 0.25) is 0 Å². The highest BCUT2D eigenvalue weighted by molar-refractivity contribution is 5.21. The lowest BCUT2D eigenvalue weighted by Gasteiger charge is -2.14. The van der Waals surface area contributed by atoms with Gasteiger partial charge in [-0.2, -0.15) is 0 Å². The Morgan fingerprint density at radius 1 is 1.30 bits per heavy atom. The van der Waals surface area contributed by atoms with Gasteiger partial charge in [-0.1, -0.05) is 11.1 Å². The van der Waals surface area contributed by atoms with Crippen LogP contribution in [0.3, 0.4) is 0 Å². The second-order valence-corrected chi connectivity index (χ2v) is 4.11. The monoisotopic (exact) mass is 136 g/mol. The van der Waals surface area contributed by atoms with Gasteiger partial charge in [-0.3, -0.25) is 0 Å². The minimum atomic E-state index is 1.01. The molecule has 0 aromatic carbocycles. The van der Waals surface area contributed by atoms with Gasteiger partial charge in [0.05, 0.1) is 0 Å². The Morgan fingerprint density at radius 2 is 2.10 bits per heavy atom. The van der Waals surface area contributed by atoms with E-state index < -0.39 is 0 Å². The average Bonchev–Trinajstić information content (AvgIpc) is 2.44. The van der Waals surface area contributed by atoms with Crippen LogP contribution in [-0.2, 0) is 0 Å². The lowest BCUT2D eigenvalue weighted by atomic mass is 9.92. The quantitative estimate of drug-likeness (QED) is 0.449. The molecule has 2 saturated carbocycles. The van der Waals surface area contributed by atoms with Gasteiger partial charge in [-0.15, -0.1) is 0 Å². The lowest BCUT2D eigenvalue weighted by Crippen LogP contribution is -1.99. The third kappa shape index (κ3) is 0.817. The van der Waals surface area contributed by atoms with Crippen molar-refractivity contribution in [2.75, 3.05) is 0 Å². The maximum Gasteiger partial charge on any atom is -0.0198 e. The Labute approximate surface area is 63.3 Å². The fourth-order valence-corrected chi connectivity index (χ4v) is 2.67. The van der Waals surface area contributed by atoms with Crippen LogP contribution in [0.25, 0.3) is 0 Å². The van der Waals surface area contributed by atoms with Crippen LogP contribution in [0.5, 0.6) is 0 Å². The summed E-state index contributed by atoms with van der Waals surface area (Å²) in [5.41, 5.74) is 3.41. The third-order valence-electron chi connectivity index (χ3n) is 3.18. The first-order valence-corrected chi connectivity index (χ1v) is 4.43. The van der Waals surface area contributed by atoms with Gasteiger partial charge in [0.1, 0.15) is 0 Å². The summed E-state index contributed by atoms with van der Waals surface area (Å²) in [6.45, 7) is 4.55. The molecule has 0 heterocycles. The molecule has 0 saturated heterocycles. The highest BCUT2D eigenvalue weighted by Crippen LogP contribution is 2.48. The highest BCUT2D eigenvalue weighted by Gasteiger charge is 2.35. The van der Waals surface area contributed by atoms with E-state index in [1.54, 1.807) is 11.1 Å². The van der Waals surface area contributed by atoms with E-state index in [1.807, 2.05) is 0 Å². The predicted molar refractivity (Wildman–Crippen MR) is 43.8 cm³/mol. The summed E-state index contributed by atoms with van der Waals surface area (Å²) in [5.74, 6) is 2.09. The first-order valence-electron chi connectivity index (χ1n) is 4.43. The van der Waals surface area contributed by atoms with Crippen molar-refractivity contribution >= 4 is 0 Å². The van der Waals surface area contributed by atoms with Crippen molar-refractivity contribution in [3.05, 3.63) is 11.1 Å². The summed E-state index contributed by atoms with van der Waals surface area (Å²) in [6.07, 6.45) is 5.96. The van der Waals surface area contributed by atoms with Crippen molar-refractivity contribution in [2.24, 2.45) is 11.8 Å². The molecule has 2 atom stereocenters. The summed E-state index contributed by atoms with van der Waals surface area (Å²) in [5, 5.41) is 0. The number of hydrogen-bond acceptors (Lipinski definition) is 0. The van der Waals surface area contributed by atoms with E-state index in [4.69, 9.17) is 0 Å². The number of allylic oxidation sites excluding steroid dienone is 2. The maximum atomic E-state index is 2.27. The molecule has 0 spiro atoms. The van der Waals surface area contributed by atoms with E-state index in [1.165, 1.54) is 25.7 Å². The number of rotatable bonds is 0. The SMILES string of the molecule is CC(C)=C1C[C@H]2CC[C@H]1C2. The normalized spacial score (nSPS) is 37.2. The van der Waals surface area contributed by atoms with Crippen molar-refractivity contribution in [1.82, 2.24) is 0 Å². The van der Waals surface area contributed by atoms with Gasteiger partial charge >= 0.3 is 0 Å². The molecule has 0 heteroatoms. The fraction of sp³-hybridized carbons (Fsp3) is 0.800. The van der Waals surface area contributed by atoms with Crippen LogP contribution in [0.1, 0.15) is 39.5 Å². The molecule has 2 aliphatic rings. The summed E-state index contributed by atoms with van der Waals surface area (Å²) in [4.78, 5) is 0.